The molecule has 1 saturated carbocycles. The Hall–Kier alpha value is -0.0800. The van der Waals surface area contributed by atoms with Crippen LogP contribution in [0, 0.1) is 11.8 Å². The third kappa shape index (κ3) is 3.03. The summed E-state index contributed by atoms with van der Waals surface area (Å²) in [5.41, 5.74) is 0. The van der Waals surface area contributed by atoms with Crippen molar-refractivity contribution in [2.45, 2.75) is 57.4 Å². The van der Waals surface area contributed by atoms with Gasteiger partial charge in [-0.25, -0.2) is 0 Å². The first-order valence-corrected chi connectivity index (χ1v) is 7.87. The van der Waals surface area contributed by atoms with Gasteiger partial charge in [0.15, 0.2) is 0 Å². The van der Waals surface area contributed by atoms with Crippen molar-refractivity contribution in [1.82, 2.24) is 10.2 Å². The third-order valence-corrected chi connectivity index (χ3v) is 5.27. The van der Waals surface area contributed by atoms with Crippen LogP contribution in [-0.2, 0) is 0 Å². The molecule has 0 spiro atoms. The molecule has 0 radical (unpaired) electrons. The maximum absolute atomic E-state index is 3.70. The van der Waals surface area contributed by atoms with Gasteiger partial charge in [0.25, 0.3) is 0 Å². The Morgan fingerprint density at radius 3 is 2.53 bits per heavy atom. The molecule has 2 aliphatic heterocycles. The second-order valence-electron chi connectivity index (χ2n) is 6.50. The Morgan fingerprint density at radius 1 is 0.882 bits per heavy atom. The van der Waals surface area contributed by atoms with Crippen molar-refractivity contribution in [1.29, 1.82) is 0 Å². The number of piperidine rings is 2. The molecule has 3 fully saturated rings. The number of nitrogens with zero attached hydrogens (tertiary/aromatic N) is 1. The van der Waals surface area contributed by atoms with Gasteiger partial charge < -0.3 is 10.2 Å². The lowest BCUT2D eigenvalue weighted by molar-refractivity contribution is 0.0772. The van der Waals surface area contributed by atoms with E-state index in [1.165, 1.54) is 77.5 Å². The molecule has 98 valence electrons. The van der Waals surface area contributed by atoms with E-state index < -0.39 is 0 Å². The number of rotatable bonds is 2. The summed E-state index contributed by atoms with van der Waals surface area (Å²) in [7, 11) is 0. The Balaban J connectivity index is 1.48. The zero-order valence-corrected chi connectivity index (χ0v) is 11.2. The zero-order valence-electron chi connectivity index (χ0n) is 11.2. The fourth-order valence-electron chi connectivity index (χ4n) is 4.23. The molecule has 2 saturated heterocycles. The summed E-state index contributed by atoms with van der Waals surface area (Å²) < 4.78 is 0. The van der Waals surface area contributed by atoms with Gasteiger partial charge in [0, 0.05) is 19.1 Å². The van der Waals surface area contributed by atoms with Crippen molar-refractivity contribution in [3.8, 4) is 0 Å². The van der Waals surface area contributed by atoms with Gasteiger partial charge in [-0.15, -0.1) is 0 Å². The van der Waals surface area contributed by atoms with Crippen LogP contribution in [0.5, 0.6) is 0 Å². The van der Waals surface area contributed by atoms with E-state index in [2.05, 4.69) is 10.2 Å². The molecule has 3 atom stereocenters. The van der Waals surface area contributed by atoms with E-state index in [-0.39, 0.29) is 0 Å². The van der Waals surface area contributed by atoms with Gasteiger partial charge in [0.05, 0.1) is 0 Å². The van der Waals surface area contributed by atoms with Gasteiger partial charge >= 0.3 is 0 Å². The molecule has 2 heteroatoms. The zero-order chi connectivity index (χ0) is 11.5. The van der Waals surface area contributed by atoms with Crippen molar-refractivity contribution in [3.63, 3.8) is 0 Å². The highest BCUT2D eigenvalue weighted by atomic mass is 15.2. The largest absolute Gasteiger partial charge is 0.313 e. The number of hydrogen-bond acceptors (Lipinski definition) is 2. The molecule has 0 amide bonds. The molecular formula is C15H28N2. The Bertz CT molecular complexity index is 233. The average molecular weight is 236 g/mol. The Labute approximate surface area is 106 Å². The van der Waals surface area contributed by atoms with E-state index >= 15 is 0 Å². The molecule has 0 aromatic carbocycles. The highest BCUT2D eigenvalue weighted by Gasteiger charge is 2.31. The predicted octanol–water partition coefficient (Wildman–Crippen LogP) is 2.64. The van der Waals surface area contributed by atoms with Gasteiger partial charge in [-0.05, 0) is 50.6 Å². The molecule has 2 heterocycles. The van der Waals surface area contributed by atoms with Gasteiger partial charge in [0.2, 0.25) is 0 Å². The average Bonchev–Trinajstić information content (AvgIpc) is 2.40. The highest BCUT2D eigenvalue weighted by molar-refractivity contribution is 4.86. The molecule has 2 nitrogen and oxygen atoms in total. The smallest absolute Gasteiger partial charge is 0.0195 e. The van der Waals surface area contributed by atoms with Crippen molar-refractivity contribution < 1.29 is 0 Å². The maximum Gasteiger partial charge on any atom is 0.0195 e. The van der Waals surface area contributed by atoms with E-state index in [1.807, 2.05) is 0 Å². The predicted molar refractivity (Wildman–Crippen MR) is 72.1 cm³/mol. The summed E-state index contributed by atoms with van der Waals surface area (Å²) in [6.07, 6.45) is 11.8. The molecule has 0 aromatic rings. The van der Waals surface area contributed by atoms with E-state index in [4.69, 9.17) is 0 Å². The summed E-state index contributed by atoms with van der Waals surface area (Å²) in [6.45, 7) is 5.36. The first kappa shape index (κ1) is 12.0. The summed E-state index contributed by atoms with van der Waals surface area (Å²) in [5, 5.41) is 3.70. The first-order chi connectivity index (χ1) is 8.42. The molecule has 17 heavy (non-hydrogen) atoms. The molecule has 1 N–H and O–H groups in total. The number of likely N-dealkylation sites (tertiary alicyclic amines) is 1. The van der Waals surface area contributed by atoms with E-state index in [9.17, 15) is 0 Å². The monoisotopic (exact) mass is 236 g/mol. The molecule has 0 unspecified atom stereocenters. The van der Waals surface area contributed by atoms with Crippen LogP contribution in [-0.4, -0.2) is 37.1 Å². The van der Waals surface area contributed by atoms with Gasteiger partial charge in [-0.3, -0.25) is 0 Å². The van der Waals surface area contributed by atoms with E-state index in [1.54, 1.807) is 0 Å². The molecule has 1 aliphatic carbocycles. The second-order valence-corrected chi connectivity index (χ2v) is 6.50. The Kier molecular flexibility index (Phi) is 4.02. The van der Waals surface area contributed by atoms with Crippen LogP contribution >= 0.6 is 0 Å². The minimum atomic E-state index is 0.795. The third-order valence-electron chi connectivity index (χ3n) is 5.27. The molecule has 3 aliphatic rings. The van der Waals surface area contributed by atoms with Gasteiger partial charge in [0.1, 0.15) is 0 Å². The van der Waals surface area contributed by atoms with Crippen molar-refractivity contribution >= 4 is 0 Å². The van der Waals surface area contributed by atoms with Crippen molar-refractivity contribution in [2.75, 3.05) is 26.2 Å². The molecular weight excluding hydrogens is 208 g/mol. The van der Waals surface area contributed by atoms with Gasteiger partial charge in [-0.1, -0.05) is 25.7 Å². The van der Waals surface area contributed by atoms with E-state index in [0.717, 1.165) is 17.9 Å². The minimum Gasteiger partial charge on any atom is -0.313 e. The second kappa shape index (κ2) is 5.71. The summed E-state index contributed by atoms with van der Waals surface area (Å²) >= 11 is 0. The maximum atomic E-state index is 3.70. The summed E-state index contributed by atoms with van der Waals surface area (Å²) in [6, 6.07) is 0.795. The summed E-state index contributed by atoms with van der Waals surface area (Å²) in [4.78, 5) is 2.76. The van der Waals surface area contributed by atoms with E-state index in [0.29, 0.717) is 0 Å². The SMILES string of the molecule is C1CC[C@@H](CN2CC[C@@H]3CCCC[C@@H]3C2)NC1. The van der Waals surface area contributed by atoms with Crippen LogP contribution < -0.4 is 5.32 Å². The lowest BCUT2D eigenvalue weighted by Gasteiger charge is -2.42. The standard InChI is InChI=1S/C15H28N2/c1-2-6-14-11-17(10-8-13(14)5-1)12-15-7-3-4-9-16-15/h13-16H,1-12H2/t13-,14+,15-/m0/s1. The number of nitrogens with one attached hydrogen (secondary N) is 1. The fourth-order valence-corrected chi connectivity index (χ4v) is 4.23. The summed E-state index contributed by atoms with van der Waals surface area (Å²) in [5.74, 6) is 2.13. The van der Waals surface area contributed by atoms with Crippen LogP contribution in [0.4, 0.5) is 0 Å². The lowest BCUT2D eigenvalue weighted by Crippen LogP contribution is -2.49. The van der Waals surface area contributed by atoms with Crippen LogP contribution in [0.2, 0.25) is 0 Å². The quantitative estimate of drug-likeness (QED) is 0.793. The number of fused-ring (bicyclic) bond motifs is 1. The minimum absolute atomic E-state index is 0.795. The van der Waals surface area contributed by atoms with Crippen LogP contribution in [0.3, 0.4) is 0 Å². The topological polar surface area (TPSA) is 15.3 Å². The van der Waals surface area contributed by atoms with Gasteiger partial charge in [-0.2, -0.15) is 0 Å². The highest BCUT2D eigenvalue weighted by Crippen LogP contribution is 2.36. The van der Waals surface area contributed by atoms with Crippen molar-refractivity contribution in [2.24, 2.45) is 11.8 Å². The number of hydrogen-bond donors (Lipinski definition) is 1. The Morgan fingerprint density at radius 2 is 1.71 bits per heavy atom. The first-order valence-electron chi connectivity index (χ1n) is 7.87. The van der Waals surface area contributed by atoms with Crippen LogP contribution in [0.1, 0.15) is 51.4 Å². The van der Waals surface area contributed by atoms with Crippen LogP contribution in [0.25, 0.3) is 0 Å². The van der Waals surface area contributed by atoms with Crippen LogP contribution in [0.15, 0.2) is 0 Å². The van der Waals surface area contributed by atoms with Crippen molar-refractivity contribution in [3.05, 3.63) is 0 Å². The molecule has 0 aromatic heterocycles. The molecule has 0 bridgehead atoms. The normalized spacial score (nSPS) is 39.9. The fraction of sp³-hybridized carbons (Fsp3) is 1.00. The lowest BCUT2D eigenvalue weighted by atomic mass is 9.75. The molecule has 3 rings (SSSR count).